The number of benzene rings is 20. The van der Waals surface area contributed by atoms with Crippen LogP contribution >= 0.6 is 0 Å². The van der Waals surface area contributed by atoms with Gasteiger partial charge in [-0.05, 0) is 190 Å². The predicted molar refractivity (Wildman–Crippen MR) is 494 cm³/mol. The number of aromatic nitrogens is 3. The SMILES string of the molecule is [C-]#[N+]c1ccc(N(c2ccc(-c3ccccc3)cc2)c2ccc3c4c2ccc2cccc(c24)n3-c2ccccc2)cc1.[C-]#[N+]c1ccc(N(c2cccc3ccccc23)c2ccc3c4c2ccc2cccc(c24)n3-c2ccccc2)cc1.[C-]#[N+]c1ccc(N(c2ccccc2)c2ccc3c4c2ccc2cccc(c24)n3-c2ccccc2)cc1. The van der Waals surface area contributed by atoms with Crippen LogP contribution in [-0.4, -0.2) is 13.7 Å². The van der Waals surface area contributed by atoms with Gasteiger partial charge in [0.05, 0.1) is 75.6 Å². The maximum Gasteiger partial charge on any atom is 0.187 e. The molecule has 0 aliphatic rings. The van der Waals surface area contributed by atoms with Gasteiger partial charge in [0.15, 0.2) is 17.1 Å². The van der Waals surface area contributed by atoms with Crippen LogP contribution in [-0.2, 0) is 0 Å². The summed E-state index contributed by atoms with van der Waals surface area (Å²) in [7, 11) is 0. The van der Waals surface area contributed by atoms with Crippen molar-refractivity contribution in [1.29, 1.82) is 0 Å². The van der Waals surface area contributed by atoms with Crippen LogP contribution in [0.3, 0.4) is 0 Å². The van der Waals surface area contributed by atoms with E-state index in [9.17, 15) is 0 Å². The lowest BCUT2D eigenvalue weighted by molar-refractivity contribution is 1.18. The molecule has 0 spiro atoms. The van der Waals surface area contributed by atoms with Gasteiger partial charge < -0.3 is 28.4 Å². The Morgan fingerprint density at radius 2 is 0.458 bits per heavy atom. The highest BCUT2D eigenvalue weighted by Crippen LogP contribution is 2.51. The van der Waals surface area contributed by atoms with Crippen LogP contribution in [0.15, 0.2) is 419 Å². The Morgan fingerprint density at radius 3 is 0.847 bits per heavy atom. The lowest BCUT2D eigenvalue weighted by Gasteiger charge is -2.28. The molecule has 9 nitrogen and oxygen atoms in total. The third-order valence-electron chi connectivity index (χ3n) is 23.0. The minimum atomic E-state index is 0.630. The number of hydrogen-bond acceptors (Lipinski definition) is 3. The second kappa shape index (κ2) is 29.2. The fraction of sp³-hybridized carbons (Fsp3) is 0. The molecule has 0 atom stereocenters. The van der Waals surface area contributed by atoms with E-state index in [1.54, 1.807) is 0 Å². The summed E-state index contributed by atoms with van der Waals surface area (Å²) in [6, 6.07) is 147. The third-order valence-corrected chi connectivity index (χ3v) is 23.0. The van der Waals surface area contributed by atoms with E-state index in [2.05, 4.69) is 389 Å². The summed E-state index contributed by atoms with van der Waals surface area (Å²) in [6.45, 7) is 22.3. The molecule has 3 heterocycles. The largest absolute Gasteiger partial charge is 0.310 e. The molecular formula is C109H69N9. The Morgan fingerprint density at radius 1 is 0.178 bits per heavy atom. The van der Waals surface area contributed by atoms with E-state index < -0.39 is 0 Å². The minimum Gasteiger partial charge on any atom is -0.310 e. The predicted octanol–water partition coefficient (Wildman–Crippen LogP) is 31.0. The summed E-state index contributed by atoms with van der Waals surface area (Å²) in [4.78, 5) is 17.8. The number of rotatable bonds is 13. The number of nitrogens with zero attached hydrogens (tertiary/aromatic N) is 9. The van der Waals surface area contributed by atoms with Crippen LogP contribution in [0.1, 0.15) is 0 Å². The summed E-state index contributed by atoms with van der Waals surface area (Å²) in [6.07, 6.45) is 0. The molecule has 0 saturated heterocycles. The molecule has 550 valence electrons. The van der Waals surface area contributed by atoms with Gasteiger partial charge in [-0.3, -0.25) is 0 Å². The van der Waals surface area contributed by atoms with E-state index in [1.165, 1.54) is 120 Å². The quantitative estimate of drug-likeness (QED) is 0.0853. The average Bonchev–Trinajstić information content (AvgIpc) is 1.56. The lowest BCUT2D eigenvalue weighted by Crippen LogP contribution is -2.11. The van der Waals surface area contributed by atoms with Crippen LogP contribution in [0.2, 0.25) is 0 Å². The minimum absolute atomic E-state index is 0.630. The molecule has 0 N–H and O–H groups in total. The van der Waals surface area contributed by atoms with E-state index >= 15 is 0 Å². The van der Waals surface area contributed by atoms with Crippen LogP contribution < -0.4 is 14.7 Å². The van der Waals surface area contributed by atoms with Crippen molar-refractivity contribution >= 4 is 177 Å². The molecular weight excluding hydrogens is 1440 g/mol. The first kappa shape index (κ1) is 69.4. The molecule has 118 heavy (non-hydrogen) atoms. The number of fused-ring (bicyclic) bond motifs is 1. The first-order valence-electron chi connectivity index (χ1n) is 39.5. The zero-order valence-electron chi connectivity index (χ0n) is 63.9. The van der Waals surface area contributed by atoms with Crippen molar-refractivity contribution in [1.82, 2.24) is 13.7 Å². The molecule has 23 aromatic rings. The fourth-order valence-corrected chi connectivity index (χ4v) is 17.9. The molecule has 0 aliphatic heterocycles. The highest BCUT2D eigenvalue weighted by molar-refractivity contribution is 6.30. The van der Waals surface area contributed by atoms with Gasteiger partial charge in [0.1, 0.15) is 0 Å². The van der Waals surface area contributed by atoms with Crippen molar-refractivity contribution < 1.29 is 0 Å². The zero-order chi connectivity index (χ0) is 78.7. The van der Waals surface area contributed by atoms with E-state index in [4.69, 9.17) is 19.7 Å². The Hall–Kier alpha value is -16.5. The molecule has 0 amide bonds. The zero-order valence-corrected chi connectivity index (χ0v) is 63.9. The maximum absolute atomic E-state index is 7.47. The molecule has 3 aromatic heterocycles. The number of hydrogen-bond donors (Lipinski definition) is 0. The number of anilines is 9. The first-order valence-corrected chi connectivity index (χ1v) is 39.5. The Kier molecular flexibility index (Phi) is 17.2. The molecule has 0 bridgehead atoms. The van der Waals surface area contributed by atoms with Gasteiger partial charge in [0.25, 0.3) is 0 Å². The summed E-state index contributed by atoms with van der Waals surface area (Å²) in [5.41, 5.74) is 24.6. The molecule has 23 rings (SSSR count). The topological polar surface area (TPSA) is 37.6 Å². The van der Waals surface area contributed by atoms with Crippen LogP contribution in [0, 0.1) is 19.7 Å². The monoisotopic (exact) mass is 1500 g/mol. The van der Waals surface area contributed by atoms with Gasteiger partial charge in [-0.15, -0.1) is 0 Å². The van der Waals surface area contributed by atoms with E-state index in [1.807, 2.05) is 72.8 Å². The van der Waals surface area contributed by atoms with Gasteiger partial charge >= 0.3 is 0 Å². The van der Waals surface area contributed by atoms with Gasteiger partial charge in [0, 0.05) is 99.4 Å². The van der Waals surface area contributed by atoms with E-state index in [0.717, 1.165) is 68.2 Å². The summed E-state index contributed by atoms with van der Waals surface area (Å²) >= 11 is 0. The second-order valence-electron chi connectivity index (χ2n) is 29.6. The van der Waals surface area contributed by atoms with Gasteiger partial charge in [-0.2, -0.15) is 0 Å². The van der Waals surface area contributed by atoms with Crippen molar-refractivity contribution in [3.05, 3.63) is 453 Å². The molecule has 0 unspecified atom stereocenters. The Balaban J connectivity index is 0.000000110. The molecule has 0 fully saturated rings. The second-order valence-corrected chi connectivity index (χ2v) is 29.6. The van der Waals surface area contributed by atoms with E-state index in [-0.39, 0.29) is 0 Å². The first-order chi connectivity index (χ1) is 58.4. The maximum atomic E-state index is 7.47. The fourth-order valence-electron chi connectivity index (χ4n) is 17.9. The highest BCUT2D eigenvalue weighted by Gasteiger charge is 2.27. The Bertz CT molecular complexity index is 7790. The molecule has 9 heteroatoms. The van der Waals surface area contributed by atoms with Crippen LogP contribution in [0.25, 0.3) is 151 Å². The summed E-state index contributed by atoms with van der Waals surface area (Å²) < 4.78 is 7.12. The van der Waals surface area contributed by atoms with Crippen LogP contribution in [0.5, 0.6) is 0 Å². The van der Waals surface area contributed by atoms with Crippen molar-refractivity contribution in [3.63, 3.8) is 0 Å². The third kappa shape index (κ3) is 11.8. The van der Waals surface area contributed by atoms with Gasteiger partial charge in [-0.1, -0.05) is 261 Å². The average molecular weight is 1500 g/mol. The smallest absolute Gasteiger partial charge is 0.187 e. The summed E-state index contributed by atoms with van der Waals surface area (Å²) in [5.74, 6) is 0. The molecule has 0 saturated carbocycles. The van der Waals surface area contributed by atoms with Gasteiger partial charge in [-0.25, -0.2) is 14.5 Å². The molecule has 0 radical (unpaired) electrons. The van der Waals surface area contributed by atoms with Crippen molar-refractivity contribution in [2.45, 2.75) is 0 Å². The van der Waals surface area contributed by atoms with Crippen molar-refractivity contribution in [2.75, 3.05) is 14.7 Å². The Labute approximate surface area is 681 Å². The van der Waals surface area contributed by atoms with Crippen molar-refractivity contribution in [3.8, 4) is 28.2 Å². The standard InChI is InChI=1S/C39H25N3.C37H23N3.C33H21N3/c1-40-30-18-22-33(23-19-30)41(32-20-15-28(16-21-32)27-9-4-2-5-10-27)35-25-26-37-39-34(35)24-17-29-11-8-14-36(38(29)39)42(37)31-12-6-3-7-13-31;1-38-27-18-20-29(21-19-27)39(32-15-7-10-25-9-5-6-14-30(25)32)33-23-24-35-37-31(33)22-17-26-11-8-16-34(36(26)37)40(35)28-12-3-2-4-13-28;1-34-24-16-18-27(19-17-24)35(25-10-4-2-5-11-25)29-21-22-31-33-28(29)20-15-23-9-8-14-30(32(23)33)36(31)26-12-6-3-7-13-26/h2-26H;2-24H;2-22H. The molecule has 20 aromatic carbocycles. The highest BCUT2D eigenvalue weighted by atomic mass is 15.2. The van der Waals surface area contributed by atoms with Crippen LogP contribution in [0.4, 0.5) is 68.2 Å². The van der Waals surface area contributed by atoms with Gasteiger partial charge in [0.2, 0.25) is 0 Å². The molecule has 0 aliphatic carbocycles. The lowest BCUT2D eigenvalue weighted by atomic mass is 9.99. The van der Waals surface area contributed by atoms with Crippen molar-refractivity contribution in [2.24, 2.45) is 0 Å². The summed E-state index contributed by atoms with van der Waals surface area (Å²) in [5, 5.41) is 17.3. The number of para-hydroxylation sites is 4. The van der Waals surface area contributed by atoms with E-state index in [0.29, 0.717) is 17.1 Å². The normalized spacial score (nSPS) is 11.4.